The van der Waals surface area contributed by atoms with Crippen molar-refractivity contribution in [3.8, 4) is 5.75 Å². The van der Waals surface area contributed by atoms with Crippen LogP contribution in [0.15, 0.2) is 36.0 Å². The Hall–Kier alpha value is -2.13. The number of methoxy groups -OCH3 is 1. The number of nitrogens with one attached hydrogen (secondary N) is 1. The topological polar surface area (TPSA) is 34.1 Å². The summed E-state index contributed by atoms with van der Waals surface area (Å²) in [5, 5.41) is 3.47. The number of aromatic nitrogens is 1. The van der Waals surface area contributed by atoms with Crippen LogP contribution in [0, 0.1) is 6.92 Å². The zero-order chi connectivity index (χ0) is 16.5. The Bertz CT molecular complexity index is 799. The molecule has 1 fully saturated rings. The van der Waals surface area contributed by atoms with E-state index in [9.17, 15) is 0 Å². The molecular weight excluding hydrogens is 296 g/mol. The summed E-state index contributed by atoms with van der Waals surface area (Å²) in [5.74, 6) is 0.852. The van der Waals surface area contributed by atoms with Crippen molar-refractivity contribution < 1.29 is 4.74 Å². The summed E-state index contributed by atoms with van der Waals surface area (Å²) in [6, 6.07) is 9.05. The van der Waals surface area contributed by atoms with Gasteiger partial charge in [-0.25, -0.2) is 0 Å². The number of ether oxygens (including phenoxy) is 1. The molecule has 3 heteroatoms. The molecule has 0 saturated carbocycles. The number of hydrogen-bond donors (Lipinski definition) is 1. The highest BCUT2D eigenvalue weighted by Gasteiger charge is 2.23. The summed E-state index contributed by atoms with van der Waals surface area (Å²) >= 11 is 0. The summed E-state index contributed by atoms with van der Waals surface area (Å²) in [5.41, 5.74) is 9.56. The van der Waals surface area contributed by atoms with E-state index in [2.05, 4.69) is 36.5 Å². The van der Waals surface area contributed by atoms with Gasteiger partial charge >= 0.3 is 0 Å². The molecule has 0 spiro atoms. The molecule has 1 aromatic heterocycles. The molecular formula is C21H24N2O. The van der Waals surface area contributed by atoms with Crippen LogP contribution in [0.3, 0.4) is 0 Å². The standard InChI is InChI=1S/C21H24N2O/c1-14-3-6-19-16(11-14)4-5-17-12-18(24-2)13-23-21(17)20(19)15-7-9-22-10-8-15/h3,6,11-13,22H,4-5,7-10H2,1-2H3. The lowest BCUT2D eigenvalue weighted by molar-refractivity contribution is 0.412. The van der Waals surface area contributed by atoms with Gasteiger partial charge in [-0.1, -0.05) is 29.3 Å². The van der Waals surface area contributed by atoms with Crippen molar-refractivity contribution >= 4 is 5.57 Å². The summed E-state index contributed by atoms with van der Waals surface area (Å²) in [6.45, 7) is 4.30. The average Bonchev–Trinajstić information content (AvgIpc) is 2.78. The van der Waals surface area contributed by atoms with E-state index in [0.29, 0.717) is 0 Å². The van der Waals surface area contributed by atoms with Gasteiger partial charge in [0.25, 0.3) is 0 Å². The maximum absolute atomic E-state index is 5.41. The van der Waals surface area contributed by atoms with Crippen LogP contribution in [0.1, 0.15) is 40.8 Å². The van der Waals surface area contributed by atoms with Gasteiger partial charge in [-0.3, -0.25) is 4.98 Å². The van der Waals surface area contributed by atoms with Crippen LogP contribution in [-0.4, -0.2) is 25.2 Å². The lowest BCUT2D eigenvalue weighted by Gasteiger charge is -2.22. The van der Waals surface area contributed by atoms with Crippen LogP contribution in [0.2, 0.25) is 0 Å². The maximum Gasteiger partial charge on any atom is 0.137 e. The van der Waals surface area contributed by atoms with Crippen molar-refractivity contribution in [3.05, 3.63) is 64.0 Å². The second-order valence-electron chi connectivity index (χ2n) is 6.77. The van der Waals surface area contributed by atoms with Gasteiger partial charge in [0, 0.05) is 5.57 Å². The second-order valence-corrected chi connectivity index (χ2v) is 6.77. The van der Waals surface area contributed by atoms with Gasteiger partial charge in [0.15, 0.2) is 0 Å². The number of nitrogens with zero attached hydrogens (tertiary/aromatic N) is 1. The first-order valence-electron chi connectivity index (χ1n) is 8.82. The highest BCUT2D eigenvalue weighted by atomic mass is 16.5. The average molecular weight is 320 g/mol. The predicted molar refractivity (Wildman–Crippen MR) is 97.5 cm³/mol. The van der Waals surface area contributed by atoms with Crippen molar-refractivity contribution in [2.45, 2.75) is 32.6 Å². The van der Waals surface area contributed by atoms with Crippen LogP contribution < -0.4 is 10.1 Å². The third-order valence-electron chi connectivity index (χ3n) is 5.17. The van der Waals surface area contributed by atoms with E-state index >= 15 is 0 Å². The highest BCUT2D eigenvalue weighted by Crippen LogP contribution is 2.38. The minimum atomic E-state index is 0.852. The molecule has 1 saturated heterocycles. The molecule has 4 rings (SSSR count). The lowest BCUT2D eigenvalue weighted by Crippen LogP contribution is -2.24. The van der Waals surface area contributed by atoms with Crippen molar-refractivity contribution in [2.24, 2.45) is 0 Å². The number of benzene rings is 1. The smallest absolute Gasteiger partial charge is 0.137 e. The maximum atomic E-state index is 5.41. The van der Waals surface area contributed by atoms with Gasteiger partial charge in [0.1, 0.15) is 5.75 Å². The highest BCUT2D eigenvalue weighted by molar-refractivity contribution is 5.84. The fraction of sp³-hybridized carbons (Fsp3) is 0.381. The molecule has 2 aliphatic rings. The summed E-state index contributed by atoms with van der Waals surface area (Å²) in [4.78, 5) is 4.82. The molecule has 0 atom stereocenters. The van der Waals surface area contributed by atoms with Gasteiger partial charge < -0.3 is 10.1 Å². The van der Waals surface area contributed by atoms with Gasteiger partial charge in [-0.2, -0.15) is 0 Å². The second kappa shape index (κ2) is 6.40. The zero-order valence-corrected chi connectivity index (χ0v) is 14.5. The van der Waals surface area contributed by atoms with Gasteiger partial charge in [0.05, 0.1) is 19.0 Å². The quantitative estimate of drug-likeness (QED) is 0.870. The van der Waals surface area contributed by atoms with Crippen LogP contribution in [0.4, 0.5) is 0 Å². The number of aryl methyl sites for hydroxylation is 3. The number of piperidine rings is 1. The molecule has 2 heterocycles. The minimum absolute atomic E-state index is 0.852. The Labute approximate surface area is 143 Å². The molecule has 1 aromatic carbocycles. The molecule has 1 N–H and O–H groups in total. The molecule has 0 unspecified atom stereocenters. The largest absolute Gasteiger partial charge is 0.495 e. The Morgan fingerprint density at radius 1 is 1.00 bits per heavy atom. The SMILES string of the molecule is COc1cnc2c(c1)CCc1cc(C)ccc1C2=C1CCNCC1. The fourth-order valence-corrected chi connectivity index (χ4v) is 3.92. The minimum Gasteiger partial charge on any atom is -0.495 e. The Kier molecular flexibility index (Phi) is 4.11. The van der Waals surface area contributed by atoms with Gasteiger partial charge in [-0.05, 0) is 68.5 Å². The van der Waals surface area contributed by atoms with Crippen molar-refractivity contribution in [1.82, 2.24) is 10.3 Å². The van der Waals surface area contributed by atoms with Crippen LogP contribution in [0.5, 0.6) is 5.75 Å². The number of hydrogen-bond acceptors (Lipinski definition) is 3. The van der Waals surface area contributed by atoms with Crippen LogP contribution in [-0.2, 0) is 12.8 Å². The van der Waals surface area contributed by atoms with Gasteiger partial charge in [-0.15, -0.1) is 0 Å². The monoisotopic (exact) mass is 320 g/mol. The Morgan fingerprint density at radius 3 is 2.58 bits per heavy atom. The van der Waals surface area contributed by atoms with Crippen molar-refractivity contribution in [3.63, 3.8) is 0 Å². The first kappa shape index (κ1) is 15.4. The summed E-state index contributed by atoms with van der Waals surface area (Å²) in [6.07, 6.45) is 6.16. The molecule has 2 aromatic rings. The molecule has 1 aliphatic heterocycles. The number of fused-ring (bicyclic) bond motifs is 2. The van der Waals surface area contributed by atoms with Crippen LogP contribution >= 0.6 is 0 Å². The third-order valence-corrected chi connectivity index (χ3v) is 5.17. The van der Waals surface area contributed by atoms with E-state index in [1.807, 2.05) is 6.20 Å². The molecule has 1 aliphatic carbocycles. The summed E-state index contributed by atoms with van der Waals surface area (Å²) in [7, 11) is 1.71. The molecule has 124 valence electrons. The Morgan fingerprint density at radius 2 is 1.79 bits per heavy atom. The molecule has 3 nitrogen and oxygen atoms in total. The van der Waals surface area contributed by atoms with Crippen molar-refractivity contribution in [2.75, 3.05) is 20.2 Å². The number of rotatable bonds is 1. The normalized spacial score (nSPS) is 17.1. The number of pyridine rings is 1. The van der Waals surface area contributed by atoms with E-state index in [0.717, 1.165) is 50.2 Å². The molecule has 0 amide bonds. The van der Waals surface area contributed by atoms with E-state index in [4.69, 9.17) is 9.72 Å². The van der Waals surface area contributed by atoms with E-state index in [1.165, 1.54) is 27.8 Å². The van der Waals surface area contributed by atoms with Gasteiger partial charge in [0.2, 0.25) is 0 Å². The third kappa shape index (κ3) is 2.73. The molecule has 0 bridgehead atoms. The first-order valence-corrected chi connectivity index (χ1v) is 8.82. The van der Waals surface area contributed by atoms with E-state index < -0.39 is 0 Å². The Balaban J connectivity index is 1.95. The fourth-order valence-electron chi connectivity index (χ4n) is 3.92. The van der Waals surface area contributed by atoms with Crippen molar-refractivity contribution in [1.29, 1.82) is 0 Å². The predicted octanol–water partition coefficient (Wildman–Crippen LogP) is 3.68. The lowest BCUT2D eigenvalue weighted by atomic mass is 9.88. The molecule has 24 heavy (non-hydrogen) atoms. The summed E-state index contributed by atoms with van der Waals surface area (Å²) < 4.78 is 5.41. The van der Waals surface area contributed by atoms with E-state index in [-0.39, 0.29) is 0 Å². The van der Waals surface area contributed by atoms with Crippen LogP contribution in [0.25, 0.3) is 5.57 Å². The molecule has 0 radical (unpaired) electrons. The van der Waals surface area contributed by atoms with E-state index in [1.54, 1.807) is 12.7 Å². The zero-order valence-electron chi connectivity index (χ0n) is 14.5. The first-order chi connectivity index (χ1) is 11.8.